The quantitative estimate of drug-likeness (QED) is 0.285. The Labute approximate surface area is 251 Å². The summed E-state index contributed by atoms with van der Waals surface area (Å²) in [5.74, 6) is -1.50. The summed E-state index contributed by atoms with van der Waals surface area (Å²) in [6.07, 6.45) is 0.248. The van der Waals surface area contributed by atoms with Crippen molar-refractivity contribution >= 4 is 50.7 Å². The molecule has 0 aromatic heterocycles. The summed E-state index contributed by atoms with van der Waals surface area (Å²) >= 11 is 12.7. The molecule has 3 aromatic rings. The summed E-state index contributed by atoms with van der Waals surface area (Å²) < 4.78 is 42.4. The molecule has 7 nitrogen and oxygen atoms in total. The number of amides is 2. The van der Waals surface area contributed by atoms with E-state index in [0.29, 0.717) is 5.56 Å². The van der Waals surface area contributed by atoms with E-state index < -0.39 is 45.8 Å². The summed E-state index contributed by atoms with van der Waals surface area (Å²) in [5, 5.41) is 2.97. The standard InChI is InChI=1S/C30H34Cl2FN3O4S/c1-6-25(29(38)34-30(3,4)5)35(18-21-12-14-22(33)15-13-21)27(37)19-36(26-9-7-8-24(31)28(26)32)41(39,40)23-16-10-20(2)11-17-23/h7-17,25H,6,18-19H2,1-5H3,(H,34,38)/t25-/m1/s1. The minimum atomic E-state index is -4.31. The number of hydrogen-bond donors (Lipinski definition) is 1. The lowest BCUT2D eigenvalue weighted by Crippen LogP contribution is -2.55. The van der Waals surface area contributed by atoms with Crippen LogP contribution in [0.25, 0.3) is 0 Å². The first-order chi connectivity index (χ1) is 19.1. The van der Waals surface area contributed by atoms with Gasteiger partial charge < -0.3 is 10.2 Å². The van der Waals surface area contributed by atoms with E-state index in [4.69, 9.17) is 23.2 Å². The minimum absolute atomic E-state index is 0.0158. The second-order valence-corrected chi connectivity index (χ2v) is 13.4. The van der Waals surface area contributed by atoms with Gasteiger partial charge in [0.05, 0.1) is 20.6 Å². The molecule has 220 valence electrons. The molecule has 0 unspecified atom stereocenters. The predicted molar refractivity (Wildman–Crippen MR) is 161 cm³/mol. The fraction of sp³-hybridized carbons (Fsp3) is 0.333. The first kappa shape index (κ1) is 32.4. The largest absolute Gasteiger partial charge is 0.350 e. The second kappa shape index (κ2) is 13.2. The molecule has 3 aromatic carbocycles. The van der Waals surface area contributed by atoms with E-state index in [0.717, 1.165) is 9.87 Å². The zero-order valence-corrected chi connectivity index (χ0v) is 25.9. The Bertz CT molecular complexity index is 1490. The summed E-state index contributed by atoms with van der Waals surface area (Å²) in [5.41, 5.74) is 0.857. The van der Waals surface area contributed by atoms with E-state index in [-0.39, 0.29) is 33.6 Å². The number of anilines is 1. The zero-order valence-electron chi connectivity index (χ0n) is 23.6. The number of carbonyl (C=O) groups excluding carboxylic acids is 2. The Morgan fingerprint density at radius 1 is 0.976 bits per heavy atom. The van der Waals surface area contributed by atoms with Gasteiger partial charge in [-0.1, -0.05) is 66.0 Å². The molecule has 1 atom stereocenters. The molecule has 0 saturated carbocycles. The summed E-state index contributed by atoms with van der Waals surface area (Å²) in [7, 11) is -4.31. The van der Waals surface area contributed by atoms with E-state index in [1.807, 2.05) is 27.7 Å². The minimum Gasteiger partial charge on any atom is -0.350 e. The number of aryl methyl sites for hydroxylation is 1. The van der Waals surface area contributed by atoms with Crippen molar-refractivity contribution in [3.63, 3.8) is 0 Å². The number of halogens is 3. The van der Waals surface area contributed by atoms with E-state index in [9.17, 15) is 22.4 Å². The molecule has 3 rings (SSSR count). The van der Waals surface area contributed by atoms with E-state index in [2.05, 4.69) is 5.32 Å². The highest BCUT2D eigenvalue weighted by Gasteiger charge is 2.35. The molecule has 0 spiro atoms. The Hall–Kier alpha value is -3.14. The SMILES string of the molecule is CC[C@H](C(=O)NC(C)(C)C)N(Cc1ccc(F)cc1)C(=O)CN(c1cccc(Cl)c1Cl)S(=O)(=O)c1ccc(C)cc1. The van der Waals surface area contributed by atoms with Crippen molar-refractivity contribution in [2.24, 2.45) is 0 Å². The lowest BCUT2D eigenvalue weighted by atomic mass is 10.1. The van der Waals surface area contributed by atoms with Gasteiger partial charge in [0, 0.05) is 12.1 Å². The van der Waals surface area contributed by atoms with Gasteiger partial charge in [-0.3, -0.25) is 13.9 Å². The van der Waals surface area contributed by atoms with Crippen LogP contribution >= 0.6 is 23.2 Å². The van der Waals surface area contributed by atoms with Crippen LogP contribution < -0.4 is 9.62 Å². The zero-order chi connectivity index (χ0) is 30.5. The molecule has 0 radical (unpaired) electrons. The number of nitrogens with zero attached hydrogens (tertiary/aromatic N) is 2. The van der Waals surface area contributed by atoms with E-state index >= 15 is 0 Å². The molecule has 41 heavy (non-hydrogen) atoms. The van der Waals surface area contributed by atoms with Crippen LogP contribution in [0.2, 0.25) is 10.0 Å². The van der Waals surface area contributed by atoms with Gasteiger partial charge in [-0.05, 0) is 76.1 Å². The Kier molecular flexibility index (Phi) is 10.4. The van der Waals surface area contributed by atoms with Crippen LogP contribution in [0.3, 0.4) is 0 Å². The van der Waals surface area contributed by atoms with Crippen LogP contribution in [-0.2, 0) is 26.2 Å². The van der Waals surface area contributed by atoms with Crippen LogP contribution in [0.1, 0.15) is 45.2 Å². The van der Waals surface area contributed by atoms with Gasteiger partial charge in [0.25, 0.3) is 10.0 Å². The lowest BCUT2D eigenvalue weighted by Gasteiger charge is -2.35. The molecule has 2 amide bonds. The lowest BCUT2D eigenvalue weighted by molar-refractivity contribution is -0.141. The highest BCUT2D eigenvalue weighted by molar-refractivity contribution is 7.92. The third-order valence-electron chi connectivity index (χ3n) is 6.24. The normalized spacial score (nSPS) is 12.5. The summed E-state index contributed by atoms with van der Waals surface area (Å²) in [4.78, 5) is 28.7. The summed E-state index contributed by atoms with van der Waals surface area (Å²) in [6.45, 7) is 8.31. The third-order valence-corrected chi connectivity index (χ3v) is 8.82. The van der Waals surface area contributed by atoms with Gasteiger partial charge >= 0.3 is 0 Å². The smallest absolute Gasteiger partial charge is 0.264 e. The number of benzene rings is 3. The van der Waals surface area contributed by atoms with Gasteiger partial charge in [0.1, 0.15) is 18.4 Å². The summed E-state index contributed by atoms with van der Waals surface area (Å²) in [6, 6.07) is 15.3. The van der Waals surface area contributed by atoms with Crippen LogP contribution in [0, 0.1) is 12.7 Å². The van der Waals surface area contributed by atoms with Crippen LogP contribution in [0.5, 0.6) is 0 Å². The van der Waals surface area contributed by atoms with Crippen molar-refractivity contribution in [2.45, 2.75) is 64.1 Å². The topological polar surface area (TPSA) is 86.8 Å². The molecular formula is C30H34Cl2FN3O4S. The second-order valence-electron chi connectivity index (χ2n) is 10.7. The molecule has 0 aliphatic rings. The van der Waals surface area contributed by atoms with E-state index in [1.165, 1.54) is 59.5 Å². The molecule has 0 bridgehead atoms. The van der Waals surface area contributed by atoms with Gasteiger partial charge in [0.15, 0.2) is 0 Å². The van der Waals surface area contributed by atoms with Gasteiger partial charge in [0.2, 0.25) is 11.8 Å². The first-order valence-corrected chi connectivity index (χ1v) is 15.2. The maximum atomic E-state index is 14.1. The average molecular weight is 623 g/mol. The monoisotopic (exact) mass is 621 g/mol. The number of nitrogens with one attached hydrogen (secondary N) is 1. The Morgan fingerprint density at radius 2 is 1.59 bits per heavy atom. The van der Waals surface area contributed by atoms with Crippen molar-refractivity contribution in [1.29, 1.82) is 0 Å². The maximum Gasteiger partial charge on any atom is 0.264 e. The molecule has 0 fully saturated rings. The molecule has 0 saturated heterocycles. The highest BCUT2D eigenvalue weighted by atomic mass is 35.5. The molecule has 0 heterocycles. The van der Waals surface area contributed by atoms with Crippen molar-refractivity contribution in [2.75, 3.05) is 10.8 Å². The molecule has 11 heteroatoms. The van der Waals surface area contributed by atoms with Crippen LogP contribution in [0.4, 0.5) is 10.1 Å². The van der Waals surface area contributed by atoms with Gasteiger partial charge in [-0.25, -0.2) is 12.8 Å². The molecule has 1 N–H and O–H groups in total. The van der Waals surface area contributed by atoms with Gasteiger partial charge in [-0.15, -0.1) is 0 Å². The number of hydrogen-bond acceptors (Lipinski definition) is 4. The maximum absolute atomic E-state index is 14.1. The number of carbonyl (C=O) groups is 2. The first-order valence-electron chi connectivity index (χ1n) is 13.0. The Morgan fingerprint density at radius 3 is 2.15 bits per heavy atom. The Balaban J connectivity index is 2.11. The van der Waals surface area contributed by atoms with Crippen molar-refractivity contribution in [3.05, 3.63) is 93.7 Å². The molecule has 0 aliphatic heterocycles. The molecular weight excluding hydrogens is 588 g/mol. The number of sulfonamides is 1. The number of rotatable bonds is 10. The van der Waals surface area contributed by atoms with E-state index in [1.54, 1.807) is 19.1 Å². The van der Waals surface area contributed by atoms with Crippen LogP contribution in [-0.4, -0.2) is 43.3 Å². The van der Waals surface area contributed by atoms with Crippen molar-refractivity contribution in [3.8, 4) is 0 Å². The fourth-order valence-corrected chi connectivity index (χ4v) is 6.07. The van der Waals surface area contributed by atoms with Crippen molar-refractivity contribution < 1.29 is 22.4 Å². The van der Waals surface area contributed by atoms with Crippen LogP contribution in [0.15, 0.2) is 71.6 Å². The van der Waals surface area contributed by atoms with Crippen molar-refractivity contribution in [1.82, 2.24) is 10.2 Å². The predicted octanol–water partition coefficient (Wildman–Crippen LogP) is 6.36. The molecule has 0 aliphatic carbocycles. The highest BCUT2D eigenvalue weighted by Crippen LogP contribution is 2.35. The average Bonchev–Trinajstić information content (AvgIpc) is 2.89. The third kappa shape index (κ3) is 8.21. The van der Waals surface area contributed by atoms with Gasteiger partial charge in [-0.2, -0.15) is 0 Å². The fourth-order valence-electron chi connectivity index (χ4n) is 4.19.